The number of aromatic nitrogens is 2. The van der Waals surface area contributed by atoms with Crippen LogP contribution < -0.4 is 10.5 Å². The Morgan fingerprint density at radius 3 is 2.86 bits per heavy atom. The van der Waals surface area contributed by atoms with Gasteiger partial charge in [-0.05, 0) is 18.9 Å². The molecule has 0 bridgehead atoms. The number of allylic oxidation sites excluding steroid dienone is 1. The van der Waals surface area contributed by atoms with Crippen molar-refractivity contribution < 1.29 is 4.74 Å². The zero-order valence-corrected chi connectivity index (χ0v) is 8.15. The van der Waals surface area contributed by atoms with Crippen LogP contribution in [0.15, 0.2) is 24.8 Å². The summed E-state index contributed by atoms with van der Waals surface area (Å²) in [6, 6.07) is 3.60. The van der Waals surface area contributed by atoms with E-state index in [-0.39, 0.29) is 0 Å². The Morgan fingerprint density at radius 2 is 2.29 bits per heavy atom. The first-order valence-electron chi connectivity index (χ1n) is 4.63. The molecular formula is C10H15N3O. The quantitative estimate of drug-likeness (QED) is 0.546. The lowest BCUT2D eigenvalue weighted by Crippen LogP contribution is -2.03. The first kappa shape index (κ1) is 10.7. The molecule has 76 valence electrons. The highest BCUT2D eigenvalue weighted by atomic mass is 16.5. The summed E-state index contributed by atoms with van der Waals surface area (Å²) in [5.74, 6) is 0.547. The predicted octanol–water partition coefficient (Wildman–Crippen LogP) is 1.28. The minimum Gasteiger partial charge on any atom is -0.477 e. The minimum absolute atomic E-state index is 0.406. The third kappa shape index (κ3) is 3.53. The van der Waals surface area contributed by atoms with E-state index in [9.17, 15) is 0 Å². The molecule has 0 saturated carbocycles. The van der Waals surface area contributed by atoms with Gasteiger partial charge in [-0.2, -0.15) is 5.10 Å². The summed E-state index contributed by atoms with van der Waals surface area (Å²) in [7, 11) is 0. The Balaban J connectivity index is 2.32. The van der Waals surface area contributed by atoms with E-state index in [1.165, 1.54) is 0 Å². The molecule has 2 N–H and O–H groups in total. The highest BCUT2D eigenvalue weighted by Crippen LogP contribution is 2.05. The van der Waals surface area contributed by atoms with Gasteiger partial charge in [-0.3, -0.25) is 0 Å². The zero-order valence-electron chi connectivity index (χ0n) is 8.15. The van der Waals surface area contributed by atoms with Crippen molar-refractivity contribution >= 4 is 0 Å². The lowest BCUT2D eigenvalue weighted by molar-refractivity contribution is 0.296. The maximum atomic E-state index is 5.39. The van der Waals surface area contributed by atoms with Crippen LogP contribution in [0.5, 0.6) is 5.88 Å². The van der Waals surface area contributed by atoms with Crippen LogP contribution in [0.3, 0.4) is 0 Å². The van der Waals surface area contributed by atoms with Gasteiger partial charge in [0, 0.05) is 12.6 Å². The third-order valence-corrected chi connectivity index (χ3v) is 1.71. The fourth-order valence-electron chi connectivity index (χ4n) is 0.938. The number of hydrogen-bond acceptors (Lipinski definition) is 4. The number of ether oxygens (including phenoxy) is 1. The molecule has 0 unspecified atom stereocenters. The van der Waals surface area contributed by atoms with Crippen LogP contribution in [0.1, 0.15) is 18.5 Å². The van der Waals surface area contributed by atoms with E-state index in [0.29, 0.717) is 19.0 Å². The largest absolute Gasteiger partial charge is 0.477 e. The Kier molecular flexibility index (Phi) is 4.64. The fourth-order valence-corrected chi connectivity index (χ4v) is 0.938. The van der Waals surface area contributed by atoms with Crippen molar-refractivity contribution in [1.29, 1.82) is 0 Å². The Bertz CT molecular complexity index is 271. The van der Waals surface area contributed by atoms with E-state index in [1.54, 1.807) is 6.07 Å². The van der Waals surface area contributed by atoms with Crippen molar-refractivity contribution in [3.8, 4) is 5.88 Å². The molecule has 1 rings (SSSR count). The Hall–Kier alpha value is -1.42. The second-order valence-electron chi connectivity index (χ2n) is 2.85. The van der Waals surface area contributed by atoms with E-state index in [0.717, 1.165) is 18.5 Å². The van der Waals surface area contributed by atoms with Gasteiger partial charge in [-0.25, -0.2) is 0 Å². The lowest BCUT2D eigenvalue weighted by Gasteiger charge is -2.03. The molecule has 0 radical (unpaired) electrons. The van der Waals surface area contributed by atoms with Crippen LogP contribution in [-0.4, -0.2) is 16.8 Å². The molecule has 1 aromatic rings. The van der Waals surface area contributed by atoms with Gasteiger partial charge in [-0.15, -0.1) is 11.7 Å². The summed E-state index contributed by atoms with van der Waals surface area (Å²) >= 11 is 0. The van der Waals surface area contributed by atoms with Crippen LogP contribution >= 0.6 is 0 Å². The van der Waals surface area contributed by atoms with Gasteiger partial charge >= 0.3 is 0 Å². The predicted molar refractivity (Wildman–Crippen MR) is 54.8 cm³/mol. The number of rotatable bonds is 6. The molecule has 0 saturated heterocycles. The summed E-state index contributed by atoms with van der Waals surface area (Å²) in [5.41, 5.74) is 6.15. The number of nitrogens with zero attached hydrogens (tertiary/aromatic N) is 2. The van der Waals surface area contributed by atoms with Crippen LogP contribution in [0.4, 0.5) is 0 Å². The molecule has 1 heterocycles. The average molecular weight is 193 g/mol. The average Bonchev–Trinajstić information content (AvgIpc) is 2.25. The third-order valence-electron chi connectivity index (χ3n) is 1.71. The first-order chi connectivity index (χ1) is 6.86. The highest BCUT2D eigenvalue weighted by molar-refractivity contribution is 5.11. The molecule has 0 amide bonds. The molecule has 4 nitrogen and oxygen atoms in total. The van der Waals surface area contributed by atoms with Crippen molar-refractivity contribution in [3.63, 3.8) is 0 Å². The van der Waals surface area contributed by atoms with Crippen molar-refractivity contribution in [1.82, 2.24) is 10.2 Å². The summed E-state index contributed by atoms with van der Waals surface area (Å²) in [5, 5.41) is 7.75. The smallest absolute Gasteiger partial charge is 0.233 e. The van der Waals surface area contributed by atoms with Crippen LogP contribution in [0, 0.1) is 0 Å². The summed E-state index contributed by atoms with van der Waals surface area (Å²) in [4.78, 5) is 0. The van der Waals surface area contributed by atoms with Crippen molar-refractivity contribution in [2.45, 2.75) is 19.4 Å². The second-order valence-corrected chi connectivity index (χ2v) is 2.85. The van der Waals surface area contributed by atoms with Gasteiger partial charge in [0.2, 0.25) is 5.88 Å². The van der Waals surface area contributed by atoms with E-state index >= 15 is 0 Å². The van der Waals surface area contributed by atoms with Crippen molar-refractivity contribution in [2.75, 3.05) is 6.61 Å². The maximum absolute atomic E-state index is 5.39. The van der Waals surface area contributed by atoms with Gasteiger partial charge in [-0.1, -0.05) is 6.08 Å². The topological polar surface area (TPSA) is 61.0 Å². The van der Waals surface area contributed by atoms with E-state index in [1.807, 2.05) is 12.1 Å². The zero-order chi connectivity index (χ0) is 10.2. The molecular weight excluding hydrogens is 178 g/mol. The molecule has 0 spiro atoms. The summed E-state index contributed by atoms with van der Waals surface area (Å²) in [6.45, 7) is 4.68. The van der Waals surface area contributed by atoms with Crippen LogP contribution in [0.25, 0.3) is 0 Å². The molecule has 0 atom stereocenters. The molecule has 4 heteroatoms. The SMILES string of the molecule is C=CCCCOc1ccc(CN)nn1. The highest BCUT2D eigenvalue weighted by Gasteiger charge is 1.96. The van der Waals surface area contributed by atoms with E-state index < -0.39 is 0 Å². The molecule has 0 aliphatic carbocycles. The lowest BCUT2D eigenvalue weighted by atomic mass is 10.3. The molecule has 0 aliphatic rings. The fraction of sp³-hybridized carbons (Fsp3) is 0.400. The van der Waals surface area contributed by atoms with Crippen LogP contribution in [-0.2, 0) is 6.54 Å². The van der Waals surface area contributed by atoms with Gasteiger partial charge in [0.05, 0.1) is 12.3 Å². The van der Waals surface area contributed by atoms with Gasteiger partial charge in [0.1, 0.15) is 0 Å². The van der Waals surface area contributed by atoms with Crippen LogP contribution in [0.2, 0.25) is 0 Å². The van der Waals surface area contributed by atoms with E-state index in [2.05, 4.69) is 16.8 Å². The van der Waals surface area contributed by atoms with Crippen molar-refractivity contribution in [3.05, 3.63) is 30.5 Å². The minimum atomic E-state index is 0.406. The summed E-state index contributed by atoms with van der Waals surface area (Å²) < 4.78 is 5.35. The molecule has 0 fully saturated rings. The maximum Gasteiger partial charge on any atom is 0.233 e. The molecule has 0 aromatic carbocycles. The van der Waals surface area contributed by atoms with E-state index in [4.69, 9.17) is 10.5 Å². The van der Waals surface area contributed by atoms with Gasteiger partial charge in [0.15, 0.2) is 0 Å². The molecule has 0 aliphatic heterocycles. The summed E-state index contributed by atoms with van der Waals surface area (Å²) in [6.07, 6.45) is 3.77. The standard InChI is InChI=1S/C10H15N3O/c1-2-3-4-7-14-10-6-5-9(8-11)12-13-10/h2,5-6H,1,3-4,7-8,11H2. The number of hydrogen-bond donors (Lipinski definition) is 1. The Labute approximate surface area is 83.8 Å². The molecule has 1 aromatic heterocycles. The number of nitrogens with two attached hydrogens (primary N) is 1. The van der Waals surface area contributed by atoms with Crippen molar-refractivity contribution in [2.24, 2.45) is 5.73 Å². The Morgan fingerprint density at radius 1 is 1.43 bits per heavy atom. The number of unbranched alkanes of at least 4 members (excludes halogenated alkanes) is 1. The molecule has 14 heavy (non-hydrogen) atoms. The second kappa shape index (κ2) is 6.10. The normalized spacial score (nSPS) is 9.79. The van der Waals surface area contributed by atoms with Gasteiger partial charge < -0.3 is 10.5 Å². The van der Waals surface area contributed by atoms with Gasteiger partial charge in [0.25, 0.3) is 0 Å². The first-order valence-corrected chi connectivity index (χ1v) is 4.63. The monoisotopic (exact) mass is 193 g/mol.